The van der Waals surface area contributed by atoms with Crippen molar-refractivity contribution in [3.8, 4) is 0 Å². The van der Waals surface area contributed by atoms with Gasteiger partial charge >= 0.3 is 10.2 Å². The van der Waals surface area contributed by atoms with E-state index in [1.54, 1.807) is 0 Å². The third-order valence-corrected chi connectivity index (χ3v) is 5.00. The predicted octanol–water partition coefficient (Wildman–Crippen LogP) is 2.20. The average Bonchev–Trinajstić information content (AvgIpc) is 2.37. The van der Waals surface area contributed by atoms with Gasteiger partial charge in [-0.15, -0.1) is 3.89 Å². The van der Waals surface area contributed by atoms with Crippen LogP contribution in [0, 0.1) is 0 Å². The Labute approximate surface area is 119 Å². The first kappa shape index (κ1) is 17.1. The number of hydrogen-bond donors (Lipinski definition) is 1. The molecule has 5 nitrogen and oxygen atoms in total. The Morgan fingerprint density at radius 1 is 1.05 bits per heavy atom. The molecular weight excluding hydrogens is 305 g/mol. The maximum absolute atomic E-state index is 12.8. The molecule has 1 N–H and O–H groups in total. The van der Waals surface area contributed by atoms with Crippen molar-refractivity contribution < 1.29 is 20.7 Å². The lowest BCUT2D eigenvalue weighted by Gasteiger charge is -2.07. The van der Waals surface area contributed by atoms with Gasteiger partial charge in [0.2, 0.25) is 10.0 Å². The van der Waals surface area contributed by atoms with E-state index in [0.717, 1.165) is 31.4 Å². The molecule has 0 fully saturated rings. The number of hydrogen-bond acceptors (Lipinski definition) is 4. The van der Waals surface area contributed by atoms with Gasteiger partial charge in [0.15, 0.2) is 0 Å². The summed E-state index contributed by atoms with van der Waals surface area (Å²) < 4.78 is 60.6. The lowest BCUT2D eigenvalue weighted by Crippen LogP contribution is -2.24. The molecule has 0 bridgehead atoms. The summed E-state index contributed by atoms with van der Waals surface area (Å²) in [7, 11) is -8.72. The molecule has 8 heteroatoms. The van der Waals surface area contributed by atoms with Crippen LogP contribution in [0.15, 0.2) is 34.1 Å². The molecule has 0 aromatic heterocycles. The van der Waals surface area contributed by atoms with E-state index in [1.165, 1.54) is 12.1 Å². The molecule has 0 radical (unpaired) electrons. The number of benzene rings is 1. The third-order valence-electron chi connectivity index (χ3n) is 2.72. The second-order valence-electron chi connectivity index (χ2n) is 4.37. The first-order valence-corrected chi connectivity index (χ1v) is 9.18. The number of nitrogens with one attached hydrogen (secondary N) is 1. The number of halogens is 1. The summed E-state index contributed by atoms with van der Waals surface area (Å²) in [6.07, 6.45) is 3.69. The van der Waals surface area contributed by atoms with Gasteiger partial charge in [-0.1, -0.05) is 32.3 Å². The van der Waals surface area contributed by atoms with Crippen molar-refractivity contribution in [3.05, 3.63) is 24.3 Å². The van der Waals surface area contributed by atoms with E-state index in [-0.39, 0.29) is 11.4 Å². The second kappa shape index (κ2) is 7.14. The number of unbranched alkanes of at least 4 members (excludes halogenated alkanes) is 3. The Hall–Kier alpha value is -0.990. The van der Waals surface area contributed by atoms with Gasteiger partial charge < -0.3 is 0 Å². The highest BCUT2D eigenvalue weighted by molar-refractivity contribution is 7.89. The Balaban J connectivity index is 2.78. The highest BCUT2D eigenvalue weighted by Crippen LogP contribution is 2.17. The fourth-order valence-corrected chi connectivity index (χ4v) is 3.34. The Morgan fingerprint density at radius 2 is 1.70 bits per heavy atom. The van der Waals surface area contributed by atoms with Crippen LogP contribution in [-0.4, -0.2) is 23.4 Å². The van der Waals surface area contributed by atoms with E-state index in [1.807, 2.05) is 6.92 Å². The minimum absolute atomic E-state index is 0.258. The second-order valence-corrected chi connectivity index (χ2v) is 7.49. The summed E-state index contributed by atoms with van der Waals surface area (Å²) in [5.41, 5.74) is 0. The molecule has 0 saturated carbocycles. The molecular formula is C12H18FNO4S2. The van der Waals surface area contributed by atoms with Crippen molar-refractivity contribution >= 4 is 20.2 Å². The van der Waals surface area contributed by atoms with Crippen LogP contribution in [0.5, 0.6) is 0 Å². The van der Waals surface area contributed by atoms with Crippen LogP contribution in [0.1, 0.15) is 32.6 Å². The summed E-state index contributed by atoms with van der Waals surface area (Å²) in [6.45, 7) is 2.32. The van der Waals surface area contributed by atoms with Crippen LogP contribution < -0.4 is 4.72 Å². The fourth-order valence-electron chi connectivity index (χ4n) is 1.63. The van der Waals surface area contributed by atoms with E-state index in [4.69, 9.17) is 0 Å². The molecule has 1 aromatic rings. The standard InChI is InChI=1S/C12H18FNO4S2/c1-2-3-4-5-9-14-20(17,18)12-8-6-7-11(10-12)19(13,15)16/h6-8,10,14H,2-5,9H2,1H3. The Morgan fingerprint density at radius 3 is 2.30 bits per heavy atom. The fraction of sp³-hybridized carbons (Fsp3) is 0.500. The molecule has 20 heavy (non-hydrogen) atoms. The highest BCUT2D eigenvalue weighted by atomic mass is 32.3. The number of sulfonamides is 1. The van der Waals surface area contributed by atoms with Crippen LogP contribution in [-0.2, 0) is 20.2 Å². The zero-order valence-electron chi connectivity index (χ0n) is 11.2. The summed E-state index contributed by atoms with van der Waals surface area (Å²) in [5, 5.41) is 0. The molecule has 1 rings (SSSR count). The minimum Gasteiger partial charge on any atom is -0.211 e. The van der Waals surface area contributed by atoms with Gasteiger partial charge in [0.05, 0.1) is 9.79 Å². The van der Waals surface area contributed by atoms with Gasteiger partial charge in [-0.3, -0.25) is 0 Å². The van der Waals surface area contributed by atoms with Crippen molar-refractivity contribution in [3.63, 3.8) is 0 Å². The van der Waals surface area contributed by atoms with Crippen LogP contribution >= 0.6 is 0 Å². The molecule has 0 spiro atoms. The Kier molecular flexibility index (Phi) is 6.09. The van der Waals surface area contributed by atoms with Crippen LogP contribution in [0.4, 0.5) is 3.89 Å². The molecule has 0 aliphatic carbocycles. The van der Waals surface area contributed by atoms with Gasteiger partial charge in [0, 0.05) is 6.54 Å². The molecule has 0 atom stereocenters. The lowest BCUT2D eigenvalue weighted by atomic mass is 10.2. The molecule has 0 aliphatic rings. The first-order valence-electron chi connectivity index (χ1n) is 6.32. The normalized spacial score (nSPS) is 12.5. The maximum atomic E-state index is 12.8. The molecule has 1 aromatic carbocycles. The van der Waals surface area contributed by atoms with Crippen molar-refractivity contribution in [1.29, 1.82) is 0 Å². The quantitative estimate of drug-likeness (QED) is 0.587. The smallest absolute Gasteiger partial charge is 0.211 e. The monoisotopic (exact) mass is 323 g/mol. The van der Waals surface area contributed by atoms with Gasteiger partial charge in [-0.05, 0) is 24.6 Å². The van der Waals surface area contributed by atoms with Crippen molar-refractivity contribution in [1.82, 2.24) is 4.72 Å². The van der Waals surface area contributed by atoms with E-state index in [0.29, 0.717) is 6.42 Å². The van der Waals surface area contributed by atoms with Gasteiger partial charge in [-0.25, -0.2) is 13.1 Å². The molecule has 0 heterocycles. The van der Waals surface area contributed by atoms with Crippen molar-refractivity contribution in [2.45, 2.75) is 42.4 Å². The molecule has 0 unspecified atom stereocenters. The lowest BCUT2D eigenvalue weighted by molar-refractivity contribution is 0.551. The van der Waals surface area contributed by atoms with Crippen LogP contribution in [0.2, 0.25) is 0 Å². The topological polar surface area (TPSA) is 80.3 Å². The summed E-state index contributed by atoms with van der Waals surface area (Å²) in [6, 6.07) is 4.24. The molecule has 0 aliphatic heterocycles. The largest absolute Gasteiger partial charge is 0.332 e. The van der Waals surface area contributed by atoms with E-state index in [2.05, 4.69) is 4.72 Å². The highest BCUT2D eigenvalue weighted by Gasteiger charge is 2.18. The van der Waals surface area contributed by atoms with E-state index >= 15 is 0 Å². The van der Waals surface area contributed by atoms with E-state index in [9.17, 15) is 20.7 Å². The predicted molar refractivity (Wildman–Crippen MR) is 74.1 cm³/mol. The van der Waals surface area contributed by atoms with Crippen molar-refractivity contribution in [2.24, 2.45) is 0 Å². The van der Waals surface area contributed by atoms with Crippen LogP contribution in [0.3, 0.4) is 0 Å². The van der Waals surface area contributed by atoms with Gasteiger partial charge in [0.25, 0.3) is 0 Å². The number of rotatable bonds is 8. The average molecular weight is 323 g/mol. The van der Waals surface area contributed by atoms with E-state index < -0.39 is 25.1 Å². The Bertz CT molecular complexity index is 641. The van der Waals surface area contributed by atoms with Gasteiger partial charge in [0.1, 0.15) is 0 Å². The minimum atomic E-state index is -4.91. The van der Waals surface area contributed by atoms with Crippen molar-refractivity contribution in [2.75, 3.05) is 6.54 Å². The van der Waals surface area contributed by atoms with Crippen LogP contribution in [0.25, 0.3) is 0 Å². The summed E-state index contributed by atoms with van der Waals surface area (Å²) in [5.74, 6) is 0. The first-order chi connectivity index (χ1) is 9.27. The zero-order valence-corrected chi connectivity index (χ0v) is 12.8. The van der Waals surface area contributed by atoms with Gasteiger partial charge in [-0.2, -0.15) is 8.42 Å². The summed E-state index contributed by atoms with van der Waals surface area (Å²) >= 11 is 0. The molecule has 0 saturated heterocycles. The third kappa shape index (κ3) is 5.18. The maximum Gasteiger partial charge on any atom is 0.332 e. The molecule has 0 amide bonds. The molecule has 114 valence electrons. The summed E-state index contributed by atoms with van der Waals surface area (Å²) in [4.78, 5) is -0.918. The zero-order chi connectivity index (χ0) is 15.2. The SMILES string of the molecule is CCCCCCNS(=O)(=O)c1cccc(S(=O)(=O)F)c1.